The number of benzene rings is 3. The molecule has 0 aliphatic carbocycles. The third-order valence-electron chi connectivity index (χ3n) is 7.02. The third kappa shape index (κ3) is 6.35. The summed E-state index contributed by atoms with van der Waals surface area (Å²) in [5.74, 6) is -3.50. The number of nitrogens with two attached hydrogens (primary N) is 1. The maximum atomic E-state index is 13.4. The molecule has 0 bridgehead atoms. The van der Waals surface area contributed by atoms with E-state index >= 15 is 0 Å². The maximum absolute atomic E-state index is 13.4. The molecule has 10 nitrogen and oxygen atoms in total. The molecule has 228 valence electrons. The first-order valence-corrected chi connectivity index (χ1v) is 15.5. The number of anilines is 1. The number of methoxy groups -OCH3 is 2. The fourth-order valence-electron chi connectivity index (χ4n) is 4.87. The van der Waals surface area contributed by atoms with Gasteiger partial charge in [-0.25, -0.2) is 9.59 Å². The van der Waals surface area contributed by atoms with Gasteiger partial charge in [0.25, 0.3) is 10.1 Å². The molecule has 0 fully saturated rings. The zero-order chi connectivity index (χ0) is 32.4. The highest BCUT2D eigenvalue weighted by Crippen LogP contribution is 2.45. The third-order valence-corrected chi connectivity index (χ3v) is 8.90. The Morgan fingerprint density at radius 2 is 1.55 bits per heavy atom. The highest BCUT2D eigenvalue weighted by Gasteiger charge is 2.44. The van der Waals surface area contributed by atoms with Gasteiger partial charge in [0, 0.05) is 9.79 Å². The Kier molecular flexibility index (Phi) is 9.25. The average Bonchev–Trinajstić information content (AvgIpc) is 2.99. The molecular weight excluding hydrogens is 603 g/mol. The lowest BCUT2D eigenvalue weighted by Crippen LogP contribution is -2.41. The lowest BCUT2D eigenvalue weighted by atomic mass is 9.81. The van der Waals surface area contributed by atoms with Gasteiger partial charge in [-0.15, -0.1) is 0 Å². The van der Waals surface area contributed by atoms with E-state index in [9.17, 15) is 27.8 Å². The van der Waals surface area contributed by atoms with Gasteiger partial charge in [0.15, 0.2) is 0 Å². The van der Waals surface area contributed by atoms with Crippen LogP contribution in [0.2, 0.25) is 0 Å². The number of ether oxygens (including phenoxy) is 2. The molecule has 0 saturated carbocycles. The predicted molar refractivity (Wildman–Crippen MR) is 165 cm³/mol. The van der Waals surface area contributed by atoms with Gasteiger partial charge >= 0.3 is 11.9 Å². The Morgan fingerprint density at radius 3 is 2.07 bits per heavy atom. The summed E-state index contributed by atoms with van der Waals surface area (Å²) in [6, 6.07) is 22.3. The minimum absolute atomic E-state index is 0.0550. The molecule has 0 saturated heterocycles. The number of hydrogen-bond acceptors (Lipinski definition) is 10. The summed E-state index contributed by atoms with van der Waals surface area (Å²) in [5, 5.41) is 10.2. The lowest BCUT2D eigenvalue weighted by Gasteiger charge is -2.36. The molecule has 1 heterocycles. The van der Waals surface area contributed by atoms with Crippen molar-refractivity contribution in [2.75, 3.05) is 19.1 Å². The van der Waals surface area contributed by atoms with Crippen LogP contribution in [0.4, 0.5) is 5.69 Å². The van der Waals surface area contributed by atoms with Crippen molar-refractivity contribution in [1.29, 1.82) is 5.26 Å². The smallest absolute Gasteiger partial charge is 0.355 e. The number of allylic oxidation sites excluding steroid dienone is 1. The summed E-state index contributed by atoms with van der Waals surface area (Å²) in [6.45, 7) is 6.28. The normalized spacial score (nSPS) is 15.6. The van der Waals surface area contributed by atoms with Crippen molar-refractivity contribution in [3.8, 4) is 6.07 Å². The SMILES string of the molecule is COC(=O)C1=C(C(=O)OC)N(c2ccc(Sc3ccc(C(C)(C)C)cc3)cc2S(=O)(=O)O)C(N)=C(C#N)C1c1ccccc1. The van der Waals surface area contributed by atoms with Gasteiger partial charge in [-0.2, -0.15) is 13.7 Å². The Morgan fingerprint density at radius 1 is 0.955 bits per heavy atom. The van der Waals surface area contributed by atoms with Crippen molar-refractivity contribution in [2.45, 2.75) is 46.8 Å². The molecule has 1 aliphatic heterocycles. The van der Waals surface area contributed by atoms with Crippen molar-refractivity contribution in [1.82, 2.24) is 0 Å². The molecule has 0 aromatic heterocycles. The highest BCUT2D eigenvalue weighted by atomic mass is 32.2. The van der Waals surface area contributed by atoms with Crippen LogP contribution in [0.1, 0.15) is 37.8 Å². The van der Waals surface area contributed by atoms with Crippen LogP contribution in [0.25, 0.3) is 0 Å². The zero-order valence-corrected chi connectivity index (χ0v) is 26.3. The zero-order valence-electron chi connectivity index (χ0n) is 24.7. The summed E-state index contributed by atoms with van der Waals surface area (Å²) in [4.78, 5) is 28.2. The number of carbonyl (C=O) groups excluding carboxylic acids is 2. The minimum Gasteiger partial charge on any atom is -0.466 e. The molecule has 3 aromatic carbocycles. The van der Waals surface area contributed by atoms with Crippen LogP contribution in [-0.4, -0.2) is 39.1 Å². The molecule has 0 spiro atoms. The number of carbonyl (C=O) groups is 2. The highest BCUT2D eigenvalue weighted by molar-refractivity contribution is 7.99. The van der Waals surface area contributed by atoms with E-state index in [0.717, 1.165) is 29.6 Å². The summed E-state index contributed by atoms with van der Waals surface area (Å²) >= 11 is 1.25. The summed E-state index contributed by atoms with van der Waals surface area (Å²) in [7, 11) is -2.76. The number of nitriles is 1. The predicted octanol–water partition coefficient (Wildman–Crippen LogP) is 5.28. The van der Waals surface area contributed by atoms with Crippen LogP contribution in [0.15, 0.2) is 110 Å². The molecule has 4 rings (SSSR count). The van der Waals surface area contributed by atoms with E-state index in [-0.39, 0.29) is 28.1 Å². The van der Waals surface area contributed by atoms with E-state index in [1.165, 1.54) is 23.9 Å². The van der Waals surface area contributed by atoms with Crippen LogP contribution in [0, 0.1) is 11.3 Å². The number of rotatable bonds is 7. The quantitative estimate of drug-likeness (QED) is 0.257. The molecule has 0 amide bonds. The Hall–Kier alpha value is -4.57. The summed E-state index contributed by atoms with van der Waals surface area (Å²) in [5.41, 5.74) is 6.84. The number of esters is 2. The molecule has 3 aromatic rings. The second-order valence-corrected chi connectivity index (χ2v) is 13.4. The van der Waals surface area contributed by atoms with Gasteiger partial charge in [-0.3, -0.25) is 9.45 Å². The molecule has 1 atom stereocenters. The van der Waals surface area contributed by atoms with E-state index in [1.807, 2.05) is 30.3 Å². The lowest BCUT2D eigenvalue weighted by molar-refractivity contribution is -0.139. The summed E-state index contributed by atoms with van der Waals surface area (Å²) < 4.78 is 46.0. The van der Waals surface area contributed by atoms with Crippen LogP contribution < -0.4 is 10.6 Å². The van der Waals surface area contributed by atoms with Gasteiger partial charge < -0.3 is 15.2 Å². The molecule has 44 heavy (non-hydrogen) atoms. The first-order valence-electron chi connectivity index (χ1n) is 13.3. The second-order valence-electron chi connectivity index (χ2n) is 10.8. The fraction of sp³-hybridized carbons (Fsp3) is 0.219. The molecule has 1 unspecified atom stereocenters. The van der Waals surface area contributed by atoms with Gasteiger partial charge in [0.1, 0.15) is 16.4 Å². The van der Waals surface area contributed by atoms with Crippen molar-refractivity contribution in [2.24, 2.45) is 5.73 Å². The van der Waals surface area contributed by atoms with Crippen molar-refractivity contribution >= 4 is 39.5 Å². The first-order chi connectivity index (χ1) is 20.7. The minimum atomic E-state index is -4.94. The van der Waals surface area contributed by atoms with Gasteiger partial charge in [-0.05, 0) is 46.9 Å². The van der Waals surface area contributed by atoms with Crippen molar-refractivity contribution in [3.05, 3.63) is 107 Å². The van der Waals surface area contributed by atoms with Crippen LogP contribution in [0.5, 0.6) is 0 Å². The molecule has 3 N–H and O–H groups in total. The van der Waals surface area contributed by atoms with Crippen molar-refractivity contribution < 1.29 is 32.0 Å². The van der Waals surface area contributed by atoms with E-state index in [0.29, 0.717) is 10.5 Å². The van der Waals surface area contributed by atoms with Crippen LogP contribution in [0.3, 0.4) is 0 Å². The number of nitrogens with zero attached hydrogens (tertiary/aromatic N) is 2. The monoisotopic (exact) mass is 633 g/mol. The Bertz CT molecular complexity index is 1820. The van der Waals surface area contributed by atoms with Crippen LogP contribution in [-0.2, 0) is 34.6 Å². The maximum Gasteiger partial charge on any atom is 0.355 e. The Balaban J connectivity index is 1.96. The average molecular weight is 634 g/mol. The topological polar surface area (TPSA) is 160 Å². The standard InChI is InChI=1S/C32H31N3O7S2/c1-32(2,3)20-11-13-21(14-12-20)43-22-15-16-24(25(17-22)44(38,39)40)35-28(31(37)42-5)27(30(36)41-4)26(23(18-33)29(35)34)19-9-7-6-8-10-19/h6-17,26H,34H2,1-5H3,(H,38,39,40). The number of hydrogen-bond donors (Lipinski definition) is 2. The van der Waals surface area contributed by atoms with Gasteiger partial charge in [0.05, 0.1) is 43.0 Å². The van der Waals surface area contributed by atoms with Gasteiger partial charge in [0.2, 0.25) is 0 Å². The first kappa shape index (κ1) is 32.3. The van der Waals surface area contributed by atoms with E-state index in [4.69, 9.17) is 15.2 Å². The molecule has 0 radical (unpaired) electrons. The molecule has 12 heteroatoms. The van der Waals surface area contributed by atoms with Gasteiger partial charge in [-0.1, -0.05) is 75.0 Å². The van der Waals surface area contributed by atoms with Crippen LogP contribution >= 0.6 is 11.8 Å². The van der Waals surface area contributed by atoms with E-state index in [2.05, 4.69) is 20.8 Å². The van der Waals surface area contributed by atoms with E-state index in [1.54, 1.807) is 36.4 Å². The van der Waals surface area contributed by atoms with E-state index < -0.39 is 38.6 Å². The largest absolute Gasteiger partial charge is 0.466 e. The summed E-state index contributed by atoms with van der Waals surface area (Å²) in [6.07, 6.45) is 0. The molecular formula is C32H31N3O7S2. The molecule has 1 aliphatic rings. The second kappa shape index (κ2) is 12.6. The van der Waals surface area contributed by atoms with Crippen molar-refractivity contribution in [3.63, 3.8) is 0 Å². The Labute approximate surface area is 260 Å². The fourth-order valence-corrected chi connectivity index (χ4v) is 6.50.